The van der Waals surface area contributed by atoms with Crippen LogP contribution in [-0.2, 0) is 21.6 Å². The van der Waals surface area contributed by atoms with Gasteiger partial charge in [-0.2, -0.15) is 0 Å². The summed E-state index contributed by atoms with van der Waals surface area (Å²) < 4.78 is 7.95. The molecule has 0 N–H and O–H groups in total. The Morgan fingerprint density at radius 3 is 2.00 bits per heavy atom. The van der Waals surface area contributed by atoms with E-state index >= 15 is 0 Å². The van der Waals surface area contributed by atoms with Crippen molar-refractivity contribution in [2.75, 3.05) is 7.11 Å². The van der Waals surface area contributed by atoms with Gasteiger partial charge >= 0.3 is 166 Å². The first kappa shape index (κ1) is 25.5. The van der Waals surface area contributed by atoms with E-state index in [0.29, 0.717) is 5.92 Å². The van der Waals surface area contributed by atoms with Gasteiger partial charge in [-0.3, -0.25) is 0 Å². The Morgan fingerprint density at radius 2 is 1.50 bits per heavy atom. The zero-order chi connectivity index (χ0) is 19.2. The largest absolute Gasteiger partial charge is 1.00 e. The van der Waals surface area contributed by atoms with Crippen molar-refractivity contribution < 1.29 is 46.4 Å². The molecule has 0 aromatic heterocycles. The normalized spacial score (nSPS) is 16.9. The van der Waals surface area contributed by atoms with E-state index in [1.165, 1.54) is 42.5 Å². The molecule has 1 atom stereocenters. The predicted octanol–water partition coefficient (Wildman–Crippen LogP) is 0.631. The third-order valence-corrected chi connectivity index (χ3v) is 10.3. The molecule has 4 heteroatoms. The molecule has 28 heavy (non-hydrogen) atoms. The first-order valence-corrected chi connectivity index (χ1v) is 11.7. The van der Waals surface area contributed by atoms with Gasteiger partial charge in [-0.05, 0) is 0 Å². The van der Waals surface area contributed by atoms with Crippen molar-refractivity contribution in [2.45, 2.75) is 52.2 Å². The van der Waals surface area contributed by atoms with Gasteiger partial charge in [0.25, 0.3) is 0 Å². The summed E-state index contributed by atoms with van der Waals surface area (Å²) in [5, 5.41) is 2.70. The summed E-state index contributed by atoms with van der Waals surface area (Å²) in [6, 6.07) is 13.5. The van der Waals surface area contributed by atoms with Crippen molar-refractivity contribution in [2.24, 2.45) is 5.92 Å². The molecule has 0 spiro atoms. The first-order chi connectivity index (χ1) is 12.2. The fourth-order valence-electron chi connectivity index (χ4n) is 4.32. The van der Waals surface area contributed by atoms with Crippen LogP contribution in [0.1, 0.15) is 54.0 Å². The Hall–Kier alpha value is -0.566. The summed E-state index contributed by atoms with van der Waals surface area (Å²) in [7, 11) is 1.92. The van der Waals surface area contributed by atoms with Crippen LogP contribution in [0.4, 0.5) is 0 Å². The fraction of sp³-hybridized carbons (Fsp3) is 0.417. The van der Waals surface area contributed by atoms with Gasteiger partial charge in [0.2, 0.25) is 0 Å². The summed E-state index contributed by atoms with van der Waals surface area (Å²) in [4.78, 5) is 0. The smallest absolute Gasteiger partial charge is 1.00 e. The van der Waals surface area contributed by atoms with E-state index in [9.17, 15) is 0 Å². The van der Waals surface area contributed by atoms with Crippen LogP contribution < -0.4 is 28.7 Å². The van der Waals surface area contributed by atoms with Gasteiger partial charge in [-0.25, -0.2) is 0 Å². The Bertz CT molecular complexity index is 922. The number of benzene rings is 2. The number of hydrogen-bond acceptors (Lipinski definition) is 1. The Balaban J connectivity index is 0.00000196. The van der Waals surface area contributed by atoms with E-state index in [1.54, 1.807) is 0 Å². The van der Waals surface area contributed by atoms with E-state index in [1.807, 2.05) is 7.11 Å². The molecule has 0 saturated carbocycles. The standard InChI is InChI=1S/C19H19.C4H9.CH3O.2ClH.Ti/c1-12-13(2)15(4)19(14(12)3)18-10-9-16-7-5-6-8-17(16)11-18;1-4(2)3;1-2;;;/h5-10,14H,1-4H3;1-3H3;1H3;2*1H;/q;;-1;;;+3/p-2. The average molecular weight is 454 g/mol. The van der Waals surface area contributed by atoms with Crippen LogP contribution in [0.2, 0.25) is 3.72 Å². The van der Waals surface area contributed by atoms with E-state index in [4.69, 9.17) is 3.32 Å². The SMILES string of the molecule is C[O][Ti+2]([c]1c(C2=C(C)C(C)=C(C)C2C)ccc2ccccc12)[C](C)(C)C.[Cl-].[Cl-]. The molecule has 2 aromatic rings. The molecule has 1 aliphatic carbocycles. The van der Waals surface area contributed by atoms with Crippen LogP contribution in [0.5, 0.6) is 0 Å². The van der Waals surface area contributed by atoms with Crippen molar-refractivity contribution in [1.82, 2.24) is 0 Å². The third kappa shape index (κ3) is 4.30. The van der Waals surface area contributed by atoms with E-state index in [0.717, 1.165) is 0 Å². The molecule has 0 aliphatic heterocycles. The van der Waals surface area contributed by atoms with E-state index in [2.05, 4.69) is 84.9 Å². The quantitative estimate of drug-likeness (QED) is 0.619. The molecule has 0 saturated heterocycles. The van der Waals surface area contributed by atoms with Gasteiger partial charge in [-0.15, -0.1) is 0 Å². The summed E-state index contributed by atoms with van der Waals surface area (Å²) in [6.45, 7) is 16.2. The Kier molecular flexibility index (Phi) is 8.64. The van der Waals surface area contributed by atoms with Crippen molar-refractivity contribution in [3.63, 3.8) is 0 Å². The summed E-state index contributed by atoms with van der Waals surface area (Å²) in [6.07, 6.45) is 0. The van der Waals surface area contributed by atoms with Gasteiger partial charge in [0.15, 0.2) is 0 Å². The molecular weight excluding hydrogens is 423 g/mol. The molecule has 1 nitrogen and oxygen atoms in total. The predicted molar refractivity (Wildman–Crippen MR) is 110 cm³/mol. The molecule has 151 valence electrons. The molecule has 0 heterocycles. The molecule has 0 amide bonds. The molecule has 3 rings (SSSR count). The number of fused-ring (bicyclic) bond motifs is 1. The first-order valence-electron chi connectivity index (χ1n) is 9.51. The minimum absolute atomic E-state index is 0. The van der Waals surface area contributed by atoms with Crippen LogP contribution in [0.25, 0.3) is 16.3 Å². The maximum absolute atomic E-state index is 6.26. The fourth-order valence-corrected chi connectivity index (χ4v) is 8.23. The molecule has 0 fully saturated rings. The van der Waals surface area contributed by atoms with Gasteiger partial charge in [-0.1, -0.05) is 0 Å². The van der Waals surface area contributed by atoms with Crippen LogP contribution in [-0.4, -0.2) is 7.11 Å². The van der Waals surface area contributed by atoms with Crippen molar-refractivity contribution in [1.29, 1.82) is 0 Å². The average Bonchev–Trinajstić information content (AvgIpc) is 2.78. The second-order valence-corrected chi connectivity index (χ2v) is 13.3. The second kappa shape index (κ2) is 9.50. The van der Waals surface area contributed by atoms with Gasteiger partial charge in [0.1, 0.15) is 0 Å². The third-order valence-electron chi connectivity index (χ3n) is 5.97. The van der Waals surface area contributed by atoms with Gasteiger partial charge in [0, 0.05) is 0 Å². The number of hydrogen-bond donors (Lipinski definition) is 0. The minimum atomic E-state index is -1.99. The number of rotatable bonds is 3. The molecular formula is C24H31Cl2OTi. The van der Waals surface area contributed by atoms with Crippen LogP contribution >= 0.6 is 0 Å². The second-order valence-electron chi connectivity index (χ2n) is 8.56. The molecule has 2 aromatic carbocycles. The van der Waals surface area contributed by atoms with Crippen LogP contribution in [0.3, 0.4) is 0 Å². The number of allylic oxidation sites excluding steroid dienone is 4. The van der Waals surface area contributed by atoms with Crippen LogP contribution in [0.15, 0.2) is 53.1 Å². The van der Waals surface area contributed by atoms with E-state index in [-0.39, 0.29) is 28.5 Å². The summed E-state index contributed by atoms with van der Waals surface area (Å²) in [5.74, 6) is 0.478. The Labute approximate surface area is 189 Å². The summed E-state index contributed by atoms with van der Waals surface area (Å²) >= 11 is -1.99. The molecule has 0 radical (unpaired) electrons. The maximum atomic E-state index is 6.26. The Morgan fingerprint density at radius 1 is 0.893 bits per heavy atom. The zero-order valence-corrected chi connectivity index (χ0v) is 21.3. The minimum Gasteiger partial charge on any atom is -1.00 e. The van der Waals surface area contributed by atoms with Crippen molar-refractivity contribution in [3.8, 4) is 0 Å². The van der Waals surface area contributed by atoms with Crippen LogP contribution in [0, 0.1) is 5.92 Å². The molecule has 1 unspecified atom stereocenters. The maximum Gasteiger partial charge on any atom is -1.00 e. The topological polar surface area (TPSA) is 9.23 Å². The monoisotopic (exact) mass is 453 g/mol. The molecule has 0 bridgehead atoms. The number of halogens is 2. The van der Waals surface area contributed by atoms with Gasteiger partial charge < -0.3 is 24.8 Å². The summed E-state index contributed by atoms with van der Waals surface area (Å²) in [5.41, 5.74) is 7.35. The van der Waals surface area contributed by atoms with Crippen molar-refractivity contribution >= 4 is 20.2 Å². The molecule has 1 aliphatic rings. The van der Waals surface area contributed by atoms with E-state index < -0.39 is 18.3 Å². The zero-order valence-electron chi connectivity index (χ0n) is 18.2. The van der Waals surface area contributed by atoms with Crippen molar-refractivity contribution in [3.05, 3.63) is 58.7 Å². The van der Waals surface area contributed by atoms with Gasteiger partial charge in [0.05, 0.1) is 0 Å².